The number of rotatable bonds is 8. The topological polar surface area (TPSA) is 53.7 Å². The Labute approximate surface area is 125 Å². The van der Waals surface area contributed by atoms with Crippen LogP contribution in [0, 0.1) is 0 Å². The third kappa shape index (κ3) is 5.00. The fourth-order valence-corrected chi connectivity index (χ4v) is 1.85. The molecule has 4 nitrogen and oxygen atoms in total. The van der Waals surface area contributed by atoms with Crippen LogP contribution in [0.15, 0.2) is 48.5 Å². The van der Waals surface area contributed by atoms with E-state index in [1.807, 2.05) is 48.5 Å². The van der Waals surface area contributed by atoms with Crippen molar-refractivity contribution in [2.45, 2.75) is 13.0 Å². The first kappa shape index (κ1) is 15.2. The molecule has 0 radical (unpaired) electrons. The zero-order chi connectivity index (χ0) is 14.9. The molecule has 2 aromatic carbocycles. The molecule has 21 heavy (non-hydrogen) atoms. The Morgan fingerprint density at radius 3 is 2.19 bits per heavy atom. The van der Waals surface area contributed by atoms with E-state index in [-0.39, 0.29) is 0 Å². The highest BCUT2D eigenvalue weighted by molar-refractivity contribution is 5.32. The van der Waals surface area contributed by atoms with Crippen LogP contribution in [0.2, 0.25) is 0 Å². The SMILES string of the molecule is COc1cccc(OCCCOc2ccc(CN)cc2)c1. The predicted octanol–water partition coefficient (Wildman–Crippen LogP) is 3.00. The van der Waals surface area contributed by atoms with Gasteiger partial charge in [0, 0.05) is 19.0 Å². The summed E-state index contributed by atoms with van der Waals surface area (Å²) in [6.45, 7) is 1.77. The fourth-order valence-electron chi connectivity index (χ4n) is 1.85. The fraction of sp³-hybridized carbons (Fsp3) is 0.294. The lowest BCUT2D eigenvalue weighted by Crippen LogP contribution is -2.05. The van der Waals surface area contributed by atoms with Crippen molar-refractivity contribution in [3.63, 3.8) is 0 Å². The van der Waals surface area contributed by atoms with Gasteiger partial charge in [-0.05, 0) is 29.8 Å². The van der Waals surface area contributed by atoms with Crippen molar-refractivity contribution in [1.82, 2.24) is 0 Å². The van der Waals surface area contributed by atoms with Crippen LogP contribution in [0.25, 0.3) is 0 Å². The van der Waals surface area contributed by atoms with E-state index in [0.29, 0.717) is 19.8 Å². The number of hydrogen-bond acceptors (Lipinski definition) is 4. The van der Waals surface area contributed by atoms with Crippen molar-refractivity contribution in [2.24, 2.45) is 5.73 Å². The Morgan fingerprint density at radius 1 is 0.857 bits per heavy atom. The van der Waals surface area contributed by atoms with Gasteiger partial charge in [-0.25, -0.2) is 0 Å². The highest BCUT2D eigenvalue weighted by atomic mass is 16.5. The highest BCUT2D eigenvalue weighted by Gasteiger charge is 1.98. The summed E-state index contributed by atoms with van der Waals surface area (Å²) in [5.41, 5.74) is 6.65. The Morgan fingerprint density at radius 2 is 1.52 bits per heavy atom. The smallest absolute Gasteiger partial charge is 0.122 e. The van der Waals surface area contributed by atoms with E-state index >= 15 is 0 Å². The van der Waals surface area contributed by atoms with Gasteiger partial charge in [0.2, 0.25) is 0 Å². The first-order valence-electron chi connectivity index (χ1n) is 7.00. The average molecular weight is 287 g/mol. The first-order valence-corrected chi connectivity index (χ1v) is 7.00. The van der Waals surface area contributed by atoms with Crippen molar-refractivity contribution >= 4 is 0 Å². The van der Waals surface area contributed by atoms with Crippen LogP contribution in [-0.2, 0) is 6.54 Å². The summed E-state index contributed by atoms with van der Waals surface area (Å²) in [6, 6.07) is 15.4. The summed E-state index contributed by atoms with van der Waals surface area (Å²) in [5, 5.41) is 0. The highest BCUT2D eigenvalue weighted by Crippen LogP contribution is 2.19. The largest absolute Gasteiger partial charge is 0.497 e. The summed E-state index contributed by atoms with van der Waals surface area (Å²) in [7, 11) is 1.64. The summed E-state index contributed by atoms with van der Waals surface area (Å²) >= 11 is 0. The molecule has 0 fully saturated rings. The minimum absolute atomic E-state index is 0.550. The molecule has 2 aromatic rings. The van der Waals surface area contributed by atoms with Gasteiger partial charge in [-0.2, -0.15) is 0 Å². The summed E-state index contributed by atoms with van der Waals surface area (Å²) in [5.74, 6) is 2.46. The molecule has 0 aliphatic heterocycles. The average Bonchev–Trinajstić information content (AvgIpc) is 2.55. The zero-order valence-electron chi connectivity index (χ0n) is 12.2. The molecule has 0 aliphatic rings. The molecule has 0 saturated carbocycles. The standard InChI is InChI=1S/C17H21NO3/c1-19-16-4-2-5-17(12-16)21-11-3-10-20-15-8-6-14(13-18)7-9-15/h2,4-9,12H,3,10-11,13,18H2,1H3. The van der Waals surface area contributed by atoms with E-state index in [4.69, 9.17) is 19.9 Å². The molecule has 0 aromatic heterocycles. The Kier molecular flexibility index (Phi) is 5.91. The van der Waals surface area contributed by atoms with Crippen LogP contribution >= 0.6 is 0 Å². The Hall–Kier alpha value is -2.20. The van der Waals surface area contributed by atoms with E-state index in [2.05, 4.69) is 0 Å². The molecule has 2 N–H and O–H groups in total. The minimum Gasteiger partial charge on any atom is -0.497 e. The predicted molar refractivity (Wildman–Crippen MR) is 82.9 cm³/mol. The first-order chi connectivity index (χ1) is 10.3. The van der Waals surface area contributed by atoms with Gasteiger partial charge in [0.05, 0.1) is 20.3 Å². The van der Waals surface area contributed by atoms with Gasteiger partial charge in [-0.3, -0.25) is 0 Å². The Balaban J connectivity index is 1.67. The molecule has 0 spiro atoms. The molecule has 4 heteroatoms. The maximum absolute atomic E-state index is 5.65. The van der Waals surface area contributed by atoms with Crippen LogP contribution in [0.1, 0.15) is 12.0 Å². The van der Waals surface area contributed by atoms with Gasteiger partial charge in [0.15, 0.2) is 0 Å². The number of ether oxygens (including phenoxy) is 3. The van der Waals surface area contributed by atoms with Crippen molar-refractivity contribution in [1.29, 1.82) is 0 Å². The van der Waals surface area contributed by atoms with E-state index < -0.39 is 0 Å². The maximum atomic E-state index is 5.65. The van der Waals surface area contributed by atoms with Gasteiger partial charge in [-0.15, -0.1) is 0 Å². The second-order valence-corrected chi connectivity index (χ2v) is 4.58. The molecule has 0 heterocycles. The molecule has 2 rings (SSSR count). The monoisotopic (exact) mass is 287 g/mol. The van der Waals surface area contributed by atoms with E-state index in [1.165, 1.54) is 0 Å². The molecule has 0 amide bonds. The lowest BCUT2D eigenvalue weighted by Gasteiger charge is -2.09. The van der Waals surface area contributed by atoms with Gasteiger partial charge in [-0.1, -0.05) is 18.2 Å². The molecule has 0 saturated heterocycles. The molecule has 0 unspecified atom stereocenters. The van der Waals surface area contributed by atoms with E-state index in [0.717, 1.165) is 29.2 Å². The molecular weight excluding hydrogens is 266 g/mol. The summed E-state index contributed by atoms with van der Waals surface area (Å²) in [6.07, 6.45) is 0.815. The zero-order valence-corrected chi connectivity index (χ0v) is 12.2. The lowest BCUT2D eigenvalue weighted by atomic mass is 10.2. The van der Waals surface area contributed by atoms with Crippen LogP contribution < -0.4 is 19.9 Å². The molecule has 0 aliphatic carbocycles. The van der Waals surface area contributed by atoms with Gasteiger partial charge < -0.3 is 19.9 Å². The van der Waals surface area contributed by atoms with Crippen LogP contribution in [0.3, 0.4) is 0 Å². The second kappa shape index (κ2) is 8.17. The number of benzene rings is 2. The van der Waals surface area contributed by atoms with Crippen LogP contribution in [-0.4, -0.2) is 20.3 Å². The molecule has 0 atom stereocenters. The molecular formula is C17H21NO3. The quantitative estimate of drug-likeness (QED) is 0.758. The van der Waals surface area contributed by atoms with Crippen molar-refractivity contribution < 1.29 is 14.2 Å². The summed E-state index contributed by atoms with van der Waals surface area (Å²) < 4.78 is 16.4. The van der Waals surface area contributed by atoms with Crippen LogP contribution in [0.4, 0.5) is 0 Å². The number of nitrogens with two attached hydrogens (primary N) is 1. The number of hydrogen-bond donors (Lipinski definition) is 1. The maximum Gasteiger partial charge on any atom is 0.122 e. The van der Waals surface area contributed by atoms with Gasteiger partial charge in [0.25, 0.3) is 0 Å². The summed E-state index contributed by atoms with van der Waals surface area (Å²) in [4.78, 5) is 0. The van der Waals surface area contributed by atoms with E-state index in [9.17, 15) is 0 Å². The minimum atomic E-state index is 0.550. The Bertz CT molecular complexity index is 540. The third-order valence-electron chi connectivity index (χ3n) is 3.03. The van der Waals surface area contributed by atoms with Gasteiger partial charge in [0.1, 0.15) is 17.2 Å². The number of methoxy groups -OCH3 is 1. The van der Waals surface area contributed by atoms with Crippen molar-refractivity contribution in [2.75, 3.05) is 20.3 Å². The molecule has 0 bridgehead atoms. The third-order valence-corrected chi connectivity index (χ3v) is 3.03. The molecule has 112 valence electrons. The second-order valence-electron chi connectivity index (χ2n) is 4.58. The normalized spacial score (nSPS) is 10.2. The van der Waals surface area contributed by atoms with Gasteiger partial charge >= 0.3 is 0 Å². The van der Waals surface area contributed by atoms with Crippen molar-refractivity contribution in [3.8, 4) is 17.2 Å². The van der Waals surface area contributed by atoms with Crippen molar-refractivity contribution in [3.05, 3.63) is 54.1 Å². The van der Waals surface area contributed by atoms with Crippen LogP contribution in [0.5, 0.6) is 17.2 Å². The van der Waals surface area contributed by atoms with E-state index in [1.54, 1.807) is 7.11 Å². The lowest BCUT2D eigenvalue weighted by molar-refractivity contribution is 0.247.